The minimum atomic E-state index is -0.216. The third-order valence-corrected chi connectivity index (χ3v) is 2.97. The maximum Gasteiger partial charge on any atom is 0.310 e. The predicted octanol–water partition coefficient (Wildman–Crippen LogP) is 1.80. The van der Waals surface area contributed by atoms with Gasteiger partial charge in [-0.1, -0.05) is 20.8 Å². The predicted molar refractivity (Wildman–Crippen MR) is 52.7 cm³/mol. The van der Waals surface area contributed by atoms with Crippen molar-refractivity contribution < 1.29 is 14.3 Å². The van der Waals surface area contributed by atoms with Crippen LogP contribution in [0.4, 0.5) is 0 Å². The molecule has 0 spiro atoms. The number of ether oxygens (including phenoxy) is 1. The van der Waals surface area contributed by atoms with E-state index in [-0.39, 0.29) is 29.0 Å². The summed E-state index contributed by atoms with van der Waals surface area (Å²) in [4.78, 5) is 22.7. The van der Waals surface area contributed by atoms with Crippen molar-refractivity contribution in [3.63, 3.8) is 0 Å². The molecule has 80 valence electrons. The molecule has 0 aromatic rings. The third-order valence-electron chi connectivity index (χ3n) is 2.97. The van der Waals surface area contributed by atoms with Gasteiger partial charge in [-0.25, -0.2) is 0 Å². The van der Waals surface area contributed by atoms with E-state index in [2.05, 4.69) is 0 Å². The Morgan fingerprint density at radius 1 is 1.29 bits per heavy atom. The van der Waals surface area contributed by atoms with Crippen molar-refractivity contribution in [1.29, 1.82) is 0 Å². The first-order valence-electron chi connectivity index (χ1n) is 5.10. The molecule has 0 bridgehead atoms. The molecule has 0 aromatic heterocycles. The summed E-state index contributed by atoms with van der Waals surface area (Å²) in [6.45, 7) is 7.83. The lowest BCUT2D eigenvalue weighted by Gasteiger charge is -2.03. The van der Waals surface area contributed by atoms with Crippen molar-refractivity contribution in [2.45, 2.75) is 34.1 Å². The lowest BCUT2D eigenvalue weighted by Crippen LogP contribution is -2.11. The van der Waals surface area contributed by atoms with E-state index in [0.29, 0.717) is 6.61 Å². The number of carbonyl (C=O) groups excluding carboxylic acids is 2. The summed E-state index contributed by atoms with van der Waals surface area (Å²) >= 11 is 0. The monoisotopic (exact) mass is 198 g/mol. The zero-order valence-corrected chi connectivity index (χ0v) is 9.29. The van der Waals surface area contributed by atoms with Crippen LogP contribution in [0, 0.1) is 17.3 Å². The Labute approximate surface area is 84.8 Å². The van der Waals surface area contributed by atoms with Gasteiger partial charge in [0.1, 0.15) is 5.78 Å². The lowest BCUT2D eigenvalue weighted by molar-refractivity contribution is -0.146. The highest BCUT2D eigenvalue weighted by atomic mass is 16.5. The van der Waals surface area contributed by atoms with E-state index in [0.717, 1.165) is 6.42 Å². The Morgan fingerprint density at radius 2 is 1.86 bits per heavy atom. The van der Waals surface area contributed by atoms with E-state index >= 15 is 0 Å². The Balaban J connectivity index is 2.55. The summed E-state index contributed by atoms with van der Waals surface area (Å²) in [5.74, 6) is -0.469. The lowest BCUT2D eigenvalue weighted by atomic mass is 10.1. The van der Waals surface area contributed by atoms with Gasteiger partial charge < -0.3 is 4.74 Å². The molecule has 0 heterocycles. The molecule has 1 aliphatic carbocycles. The molecular formula is C11H18O3. The maximum absolute atomic E-state index is 11.5. The molecule has 0 aliphatic heterocycles. The Kier molecular flexibility index (Phi) is 2.98. The molecule has 3 heteroatoms. The van der Waals surface area contributed by atoms with Gasteiger partial charge in [0.2, 0.25) is 0 Å². The van der Waals surface area contributed by atoms with Gasteiger partial charge in [-0.15, -0.1) is 0 Å². The standard InChI is InChI=1S/C11H18O3/c1-5-6-14-10(13)9-8(7(2)12)11(9,3)4/h8-9H,5-6H2,1-4H3. The molecule has 2 unspecified atom stereocenters. The molecule has 1 rings (SSSR count). The van der Waals surface area contributed by atoms with Gasteiger partial charge in [-0.2, -0.15) is 0 Å². The van der Waals surface area contributed by atoms with Crippen LogP contribution in [0.3, 0.4) is 0 Å². The van der Waals surface area contributed by atoms with Crippen LogP contribution < -0.4 is 0 Å². The Bertz CT molecular complexity index is 255. The van der Waals surface area contributed by atoms with Crippen molar-refractivity contribution in [3.8, 4) is 0 Å². The number of rotatable bonds is 4. The quantitative estimate of drug-likeness (QED) is 0.647. The van der Waals surface area contributed by atoms with Gasteiger partial charge in [0.25, 0.3) is 0 Å². The van der Waals surface area contributed by atoms with Crippen molar-refractivity contribution >= 4 is 11.8 Å². The van der Waals surface area contributed by atoms with Gasteiger partial charge in [0.05, 0.1) is 12.5 Å². The van der Waals surface area contributed by atoms with Crippen LogP contribution in [0.1, 0.15) is 34.1 Å². The molecule has 0 radical (unpaired) electrons. The molecule has 0 N–H and O–H groups in total. The second kappa shape index (κ2) is 3.71. The number of ketones is 1. The van der Waals surface area contributed by atoms with Gasteiger partial charge in [0, 0.05) is 5.92 Å². The fourth-order valence-corrected chi connectivity index (χ4v) is 2.13. The fraction of sp³-hybridized carbons (Fsp3) is 0.818. The first kappa shape index (κ1) is 11.2. The molecule has 0 amide bonds. The molecule has 1 fully saturated rings. The van der Waals surface area contributed by atoms with E-state index < -0.39 is 0 Å². The molecule has 0 saturated heterocycles. The van der Waals surface area contributed by atoms with Crippen LogP contribution in [0.25, 0.3) is 0 Å². The number of carbonyl (C=O) groups is 2. The number of hydrogen-bond donors (Lipinski definition) is 0. The second-order valence-electron chi connectivity index (χ2n) is 4.55. The average molecular weight is 198 g/mol. The summed E-state index contributed by atoms with van der Waals surface area (Å²) < 4.78 is 5.04. The normalized spacial score (nSPS) is 28.3. The maximum atomic E-state index is 11.5. The molecule has 2 atom stereocenters. The smallest absolute Gasteiger partial charge is 0.310 e. The first-order chi connectivity index (χ1) is 6.42. The Morgan fingerprint density at radius 3 is 2.21 bits per heavy atom. The van der Waals surface area contributed by atoms with E-state index in [1.807, 2.05) is 20.8 Å². The molecule has 1 saturated carbocycles. The van der Waals surface area contributed by atoms with Crippen molar-refractivity contribution in [2.24, 2.45) is 17.3 Å². The zero-order chi connectivity index (χ0) is 10.9. The topological polar surface area (TPSA) is 43.4 Å². The number of esters is 1. The highest BCUT2D eigenvalue weighted by Crippen LogP contribution is 2.59. The minimum absolute atomic E-state index is 0.0912. The fourth-order valence-electron chi connectivity index (χ4n) is 2.13. The largest absolute Gasteiger partial charge is 0.465 e. The zero-order valence-electron chi connectivity index (χ0n) is 9.29. The SMILES string of the molecule is CCCOC(=O)C1C(C(C)=O)C1(C)C. The van der Waals surface area contributed by atoms with Crippen LogP contribution in [-0.4, -0.2) is 18.4 Å². The summed E-state index contributed by atoms with van der Waals surface area (Å²) in [6.07, 6.45) is 0.823. The van der Waals surface area contributed by atoms with Gasteiger partial charge in [0.15, 0.2) is 0 Å². The molecule has 0 aromatic carbocycles. The molecule has 3 nitrogen and oxygen atoms in total. The van der Waals surface area contributed by atoms with Crippen molar-refractivity contribution in [1.82, 2.24) is 0 Å². The van der Waals surface area contributed by atoms with E-state index in [1.54, 1.807) is 6.92 Å². The summed E-state index contributed by atoms with van der Waals surface area (Å²) in [5, 5.41) is 0. The molecule has 14 heavy (non-hydrogen) atoms. The number of hydrogen-bond acceptors (Lipinski definition) is 3. The highest BCUT2D eigenvalue weighted by Gasteiger charge is 2.64. The van der Waals surface area contributed by atoms with Crippen molar-refractivity contribution in [2.75, 3.05) is 6.61 Å². The third kappa shape index (κ3) is 1.81. The van der Waals surface area contributed by atoms with E-state index in [9.17, 15) is 9.59 Å². The van der Waals surface area contributed by atoms with E-state index in [4.69, 9.17) is 4.74 Å². The Hall–Kier alpha value is -0.860. The van der Waals surface area contributed by atoms with Gasteiger partial charge >= 0.3 is 5.97 Å². The second-order valence-corrected chi connectivity index (χ2v) is 4.55. The summed E-state index contributed by atoms with van der Waals surface area (Å²) in [6, 6.07) is 0. The first-order valence-corrected chi connectivity index (χ1v) is 5.10. The van der Waals surface area contributed by atoms with Crippen LogP contribution in [0.2, 0.25) is 0 Å². The molecular weight excluding hydrogens is 180 g/mol. The van der Waals surface area contributed by atoms with Gasteiger partial charge in [-0.3, -0.25) is 9.59 Å². The average Bonchev–Trinajstić information content (AvgIpc) is 2.65. The van der Waals surface area contributed by atoms with Crippen LogP contribution in [0.5, 0.6) is 0 Å². The minimum Gasteiger partial charge on any atom is -0.465 e. The van der Waals surface area contributed by atoms with Crippen molar-refractivity contribution in [3.05, 3.63) is 0 Å². The number of Topliss-reactive ketones (excluding diaryl/α,β-unsaturated/α-hetero) is 1. The van der Waals surface area contributed by atoms with E-state index in [1.165, 1.54) is 0 Å². The molecule has 1 aliphatic rings. The summed E-state index contributed by atoms with van der Waals surface area (Å²) in [5.41, 5.74) is -0.198. The highest BCUT2D eigenvalue weighted by molar-refractivity contribution is 5.92. The van der Waals surface area contributed by atoms with Gasteiger partial charge in [-0.05, 0) is 18.8 Å². The summed E-state index contributed by atoms with van der Waals surface area (Å²) in [7, 11) is 0. The van der Waals surface area contributed by atoms with Crippen LogP contribution >= 0.6 is 0 Å². The van der Waals surface area contributed by atoms with Crippen LogP contribution in [-0.2, 0) is 14.3 Å². The van der Waals surface area contributed by atoms with Crippen LogP contribution in [0.15, 0.2) is 0 Å².